The van der Waals surface area contributed by atoms with Crippen molar-refractivity contribution in [2.45, 2.75) is 20.0 Å². The maximum Gasteiger partial charge on any atom is 0.416 e. The Morgan fingerprint density at radius 2 is 1.73 bits per heavy atom. The number of hydrogen-bond acceptors (Lipinski definition) is 7. The molecule has 0 aromatic heterocycles. The Morgan fingerprint density at radius 3 is 2.30 bits per heavy atom. The summed E-state index contributed by atoms with van der Waals surface area (Å²) in [5.41, 5.74) is -0.825. The van der Waals surface area contributed by atoms with E-state index in [4.69, 9.17) is 21.1 Å². The van der Waals surface area contributed by atoms with E-state index in [0.717, 1.165) is 25.2 Å². The van der Waals surface area contributed by atoms with E-state index in [1.165, 1.54) is 18.2 Å². The maximum atomic E-state index is 12.7. The summed E-state index contributed by atoms with van der Waals surface area (Å²) in [6.07, 6.45) is -4.55. The van der Waals surface area contributed by atoms with Gasteiger partial charge in [-0.3, -0.25) is 15.2 Å². The zero-order valence-corrected chi connectivity index (χ0v) is 18.8. The Morgan fingerprint density at radius 1 is 1.06 bits per heavy atom. The van der Waals surface area contributed by atoms with Crippen LogP contribution in [0.25, 0.3) is 0 Å². The molecule has 0 atom stereocenters. The Hall–Kier alpha value is -2.73. The van der Waals surface area contributed by atoms with Crippen LogP contribution in [0.4, 0.5) is 24.5 Å². The lowest BCUT2D eigenvalue weighted by molar-refractivity contribution is -0.137. The standard InChI is InChI=1S/C21H25ClF3N3O5/c1-3-27(4-2)9-10-32-19-8-6-15(12-17(19)28(30)31)26-20(29)13-33-18-7-5-14(11-16(18)22)21(23,24)25/h5-8,11-12,30-31H,3-4,9-10,13H2,1-2H3,(H,26,29). The largest absolute Gasteiger partial charge is 0.490 e. The summed E-state index contributed by atoms with van der Waals surface area (Å²) < 4.78 is 48.9. The summed E-state index contributed by atoms with van der Waals surface area (Å²) in [7, 11) is 0. The van der Waals surface area contributed by atoms with Crippen molar-refractivity contribution in [3.8, 4) is 11.5 Å². The van der Waals surface area contributed by atoms with E-state index in [1.807, 2.05) is 13.8 Å². The van der Waals surface area contributed by atoms with Crippen LogP contribution in [0.2, 0.25) is 5.02 Å². The van der Waals surface area contributed by atoms with Crippen LogP contribution in [0.1, 0.15) is 19.4 Å². The van der Waals surface area contributed by atoms with Crippen LogP contribution in [0, 0.1) is 0 Å². The second-order valence-electron chi connectivity index (χ2n) is 6.83. The molecule has 2 rings (SSSR count). The highest BCUT2D eigenvalue weighted by molar-refractivity contribution is 6.32. The Bertz CT molecular complexity index is 940. The number of carbonyl (C=O) groups excluding carboxylic acids is 1. The van der Waals surface area contributed by atoms with Crippen LogP contribution in [0.5, 0.6) is 11.5 Å². The first-order valence-corrected chi connectivity index (χ1v) is 10.4. The third-order valence-electron chi connectivity index (χ3n) is 4.64. The average Bonchev–Trinajstić information content (AvgIpc) is 2.75. The van der Waals surface area contributed by atoms with Gasteiger partial charge in [-0.25, -0.2) is 0 Å². The number of benzene rings is 2. The molecule has 1 amide bonds. The minimum absolute atomic E-state index is 0.0886. The number of likely N-dealkylation sites (N-methyl/N-ethyl adjacent to an activating group) is 1. The van der Waals surface area contributed by atoms with E-state index in [1.54, 1.807) is 0 Å². The van der Waals surface area contributed by atoms with Gasteiger partial charge < -0.3 is 19.7 Å². The first-order valence-electron chi connectivity index (χ1n) is 10.0. The van der Waals surface area contributed by atoms with Crippen molar-refractivity contribution in [2.75, 3.05) is 43.4 Å². The number of nitrogens with zero attached hydrogens (tertiary/aromatic N) is 2. The highest BCUT2D eigenvalue weighted by Gasteiger charge is 2.31. The number of alkyl halides is 3. The van der Waals surface area contributed by atoms with Gasteiger partial charge in [0, 0.05) is 12.2 Å². The number of nitrogens with one attached hydrogen (secondary N) is 1. The van der Waals surface area contributed by atoms with E-state index in [2.05, 4.69) is 10.2 Å². The summed E-state index contributed by atoms with van der Waals surface area (Å²) in [6.45, 7) is 6.16. The number of amides is 1. The van der Waals surface area contributed by atoms with E-state index >= 15 is 0 Å². The molecule has 182 valence electrons. The molecule has 0 radical (unpaired) electrons. The van der Waals surface area contributed by atoms with Crippen LogP contribution >= 0.6 is 11.6 Å². The van der Waals surface area contributed by atoms with E-state index < -0.39 is 24.3 Å². The average molecular weight is 492 g/mol. The van der Waals surface area contributed by atoms with E-state index in [9.17, 15) is 28.4 Å². The van der Waals surface area contributed by atoms with Crippen molar-refractivity contribution in [3.05, 3.63) is 47.0 Å². The molecule has 33 heavy (non-hydrogen) atoms. The van der Waals surface area contributed by atoms with Crippen LogP contribution in [0.15, 0.2) is 36.4 Å². The van der Waals surface area contributed by atoms with Crippen LogP contribution in [0.3, 0.4) is 0 Å². The first-order chi connectivity index (χ1) is 15.5. The molecule has 0 saturated heterocycles. The molecule has 0 fully saturated rings. The molecule has 3 N–H and O–H groups in total. The van der Waals surface area contributed by atoms with Crippen molar-refractivity contribution in [3.63, 3.8) is 0 Å². The zero-order valence-electron chi connectivity index (χ0n) is 18.0. The number of anilines is 2. The fourth-order valence-electron chi connectivity index (χ4n) is 2.83. The predicted molar refractivity (Wildman–Crippen MR) is 116 cm³/mol. The maximum absolute atomic E-state index is 12.7. The molecule has 0 aliphatic rings. The molecule has 0 bridgehead atoms. The molecular weight excluding hydrogens is 467 g/mol. The summed E-state index contributed by atoms with van der Waals surface area (Å²) in [4.78, 5) is 14.3. The number of hydrogen-bond donors (Lipinski definition) is 3. The van der Waals surface area contributed by atoms with Gasteiger partial charge in [-0.1, -0.05) is 25.4 Å². The lowest BCUT2D eigenvalue weighted by atomic mass is 10.2. The van der Waals surface area contributed by atoms with Crippen LogP contribution < -0.4 is 20.0 Å². The molecule has 0 aliphatic heterocycles. The Kier molecular flexibility index (Phi) is 9.59. The summed E-state index contributed by atoms with van der Waals surface area (Å²) >= 11 is 5.80. The van der Waals surface area contributed by atoms with Gasteiger partial charge in [-0.15, -0.1) is 5.23 Å². The van der Waals surface area contributed by atoms with Crippen molar-refractivity contribution in [1.29, 1.82) is 0 Å². The molecule has 0 aliphatic carbocycles. The third-order valence-corrected chi connectivity index (χ3v) is 4.93. The van der Waals surface area contributed by atoms with Crippen LogP contribution in [-0.4, -0.2) is 54.1 Å². The predicted octanol–water partition coefficient (Wildman–Crippen LogP) is 4.68. The highest BCUT2D eigenvalue weighted by Crippen LogP contribution is 2.35. The number of halogens is 4. The lowest BCUT2D eigenvalue weighted by Gasteiger charge is -2.20. The fourth-order valence-corrected chi connectivity index (χ4v) is 3.07. The molecule has 12 heteroatoms. The molecule has 0 saturated carbocycles. The molecule has 0 unspecified atom stereocenters. The zero-order chi connectivity index (χ0) is 24.6. The van der Waals surface area contributed by atoms with Gasteiger partial charge in [0.2, 0.25) is 0 Å². The van der Waals surface area contributed by atoms with Crippen molar-refractivity contribution in [1.82, 2.24) is 4.90 Å². The molecule has 0 spiro atoms. The molecule has 0 heterocycles. The van der Waals surface area contributed by atoms with Gasteiger partial charge in [-0.05, 0) is 49.5 Å². The van der Waals surface area contributed by atoms with Gasteiger partial charge >= 0.3 is 6.18 Å². The lowest BCUT2D eigenvalue weighted by Crippen LogP contribution is -2.28. The Balaban J connectivity index is 1.98. The quantitative estimate of drug-likeness (QED) is 0.393. The third kappa shape index (κ3) is 7.97. The minimum Gasteiger partial charge on any atom is -0.490 e. The molecule has 2 aromatic carbocycles. The molecule has 2 aromatic rings. The number of rotatable bonds is 11. The second-order valence-corrected chi connectivity index (χ2v) is 7.23. The smallest absolute Gasteiger partial charge is 0.416 e. The second kappa shape index (κ2) is 11.9. The van der Waals surface area contributed by atoms with Crippen molar-refractivity contribution >= 4 is 28.9 Å². The minimum atomic E-state index is -4.55. The molecule has 8 nitrogen and oxygen atoms in total. The monoisotopic (exact) mass is 491 g/mol. The van der Waals surface area contributed by atoms with Gasteiger partial charge in [0.15, 0.2) is 6.61 Å². The van der Waals surface area contributed by atoms with Gasteiger partial charge in [0.25, 0.3) is 5.91 Å². The van der Waals surface area contributed by atoms with Gasteiger partial charge in [0.05, 0.1) is 10.6 Å². The number of ether oxygens (including phenoxy) is 2. The van der Waals surface area contributed by atoms with Crippen LogP contribution in [-0.2, 0) is 11.0 Å². The topological polar surface area (TPSA) is 94.5 Å². The summed E-state index contributed by atoms with van der Waals surface area (Å²) in [5, 5.41) is 21.1. The van der Waals surface area contributed by atoms with E-state index in [0.29, 0.717) is 19.2 Å². The van der Waals surface area contributed by atoms with Crippen molar-refractivity contribution in [2.24, 2.45) is 0 Å². The van der Waals surface area contributed by atoms with Crippen molar-refractivity contribution < 1.29 is 37.9 Å². The summed E-state index contributed by atoms with van der Waals surface area (Å²) in [5.74, 6) is -0.540. The Labute approximate surface area is 194 Å². The normalized spacial score (nSPS) is 11.4. The SMILES string of the molecule is CCN(CC)CCOc1ccc(NC(=O)COc2ccc(C(F)(F)F)cc2Cl)cc1N(O)O. The highest BCUT2D eigenvalue weighted by atomic mass is 35.5. The summed E-state index contributed by atoms with van der Waals surface area (Å²) in [6, 6.07) is 6.74. The number of carbonyl (C=O) groups is 1. The fraction of sp³-hybridized carbons (Fsp3) is 0.381. The molecular formula is C21H25ClF3N3O5. The van der Waals surface area contributed by atoms with Gasteiger partial charge in [0.1, 0.15) is 23.8 Å². The first kappa shape index (κ1) is 26.5. The van der Waals surface area contributed by atoms with Gasteiger partial charge in [-0.2, -0.15) is 13.2 Å². The van der Waals surface area contributed by atoms with E-state index in [-0.39, 0.29) is 33.1 Å².